The zero-order chi connectivity index (χ0) is 11.8. The summed E-state index contributed by atoms with van der Waals surface area (Å²) in [6.07, 6.45) is 3.72. The normalized spacial score (nSPS) is 29.5. The first kappa shape index (κ1) is 11.2. The van der Waals surface area contributed by atoms with E-state index in [1.807, 2.05) is 0 Å². The van der Waals surface area contributed by atoms with Gasteiger partial charge in [-0.05, 0) is 32.4 Å². The minimum Gasteiger partial charge on any atom is -0.391 e. The first-order valence-electron chi connectivity index (χ1n) is 6.50. The van der Waals surface area contributed by atoms with Crippen molar-refractivity contribution < 1.29 is 5.11 Å². The third-order valence-electron chi connectivity index (χ3n) is 3.96. The van der Waals surface area contributed by atoms with E-state index in [1.165, 1.54) is 13.0 Å². The SMILES string of the molecule is CN1CCC(Cc2nnc3n2CC(O)CC3)C1. The van der Waals surface area contributed by atoms with Gasteiger partial charge in [-0.3, -0.25) is 0 Å². The Balaban J connectivity index is 1.73. The summed E-state index contributed by atoms with van der Waals surface area (Å²) >= 11 is 0. The quantitative estimate of drug-likeness (QED) is 0.790. The first-order chi connectivity index (χ1) is 8.22. The van der Waals surface area contributed by atoms with Crippen LogP contribution in [0.15, 0.2) is 0 Å². The molecular weight excluding hydrogens is 216 g/mol. The molecule has 0 amide bonds. The number of hydrogen-bond donors (Lipinski definition) is 1. The van der Waals surface area contributed by atoms with Crippen molar-refractivity contribution in [3.8, 4) is 0 Å². The lowest BCUT2D eigenvalue weighted by Crippen LogP contribution is -2.26. The molecule has 1 aromatic rings. The van der Waals surface area contributed by atoms with Gasteiger partial charge in [0.05, 0.1) is 12.6 Å². The van der Waals surface area contributed by atoms with Gasteiger partial charge in [-0.15, -0.1) is 10.2 Å². The fourth-order valence-electron chi connectivity index (χ4n) is 2.97. The molecule has 5 nitrogen and oxygen atoms in total. The van der Waals surface area contributed by atoms with Gasteiger partial charge in [-0.2, -0.15) is 0 Å². The summed E-state index contributed by atoms with van der Waals surface area (Å²) < 4.78 is 2.13. The van der Waals surface area contributed by atoms with E-state index in [0.717, 1.165) is 37.5 Å². The number of aliphatic hydroxyl groups is 1. The molecule has 0 aromatic carbocycles. The van der Waals surface area contributed by atoms with Gasteiger partial charge in [-0.1, -0.05) is 0 Å². The number of rotatable bonds is 2. The van der Waals surface area contributed by atoms with Crippen molar-refractivity contribution in [1.29, 1.82) is 0 Å². The second kappa shape index (κ2) is 4.38. The molecule has 3 heterocycles. The number of fused-ring (bicyclic) bond motifs is 1. The van der Waals surface area contributed by atoms with E-state index in [2.05, 4.69) is 26.7 Å². The molecule has 2 aliphatic heterocycles. The molecule has 1 N–H and O–H groups in total. The molecule has 1 fully saturated rings. The molecule has 1 saturated heterocycles. The molecule has 2 aliphatic rings. The van der Waals surface area contributed by atoms with E-state index >= 15 is 0 Å². The fourth-order valence-corrected chi connectivity index (χ4v) is 2.97. The lowest BCUT2D eigenvalue weighted by molar-refractivity contribution is 0.128. The van der Waals surface area contributed by atoms with Gasteiger partial charge >= 0.3 is 0 Å². The maximum absolute atomic E-state index is 9.72. The zero-order valence-electron chi connectivity index (χ0n) is 10.3. The van der Waals surface area contributed by atoms with Crippen LogP contribution < -0.4 is 0 Å². The minimum atomic E-state index is -0.219. The van der Waals surface area contributed by atoms with Gasteiger partial charge < -0.3 is 14.6 Å². The molecular formula is C12H20N4O. The number of likely N-dealkylation sites (tertiary alicyclic amines) is 1. The van der Waals surface area contributed by atoms with E-state index in [9.17, 15) is 5.11 Å². The monoisotopic (exact) mass is 236 g/mol. The maximum atomic E-state index is 9.72. The first-order valence-corrected chi connectivity index (χ1v) is 6.50. The van der Waals surface area contributed by atoms with Crippen LogP contribution in [0, 0.1) is 5.92 Å². The molecule has 0 spiro atoms. The Morgan fingerprint density at radius 2 is 2.18 bits per heavy atom. The summed E-state index contributed by atoms with van der Waals surface area (Å²) in [5.74, 6) is 2.82. The van der Waals surface area contributed by atoms with Gasteiger partial charge in [0.15, 0.2) is 0 Å². The van der Waals surface area contributed by atoms with Crippen LogP contribution in [0.3, 0.4) is 0 Å². The molecule has 94 valence electrons. The Bertz CT molecular complexity index is 403. The summed E-state index contributed by atoms with van der Waals surface area (Å²) in [7, 11) is 2.17. The van der Waals surface area contributed by atoms with Gasteiger partial charge in [0, 0.05) is 19.4 Å². The molecule has 1 aromatic heterocycles. The predicted molar refractivity (Wildman–Crippen MR) is 63.7 cm³/mol. The standard InChI is InChI=1S/C12H20N4O/c1-15-5-4-9(7-15)6-12-14-13-11-3-2-10(17)8-16(11)12/h9-10,17H,2-8H2,1H3. The fraction of sp³-hybridized carbons (Fsp3) is 0.833. The molecule has 0 bridgehead atoms. The van der Waals surface area contributed by atoms with Crippen LogP contribution in [0.25, 0.3) is 0 Å². The lowest BCUT2D eigenvalue weighted by Gasteiger charge is -2.20. The Morgan fingerprint density at radius 3 is 2.94 bits per heavy atom. The van der Waals surface area contributed by atoms with Crippen LogP contribution in [0.5, 0.6) is 0 Å². The summed E-state index contributed by atoms with van der Waals surface area (Å²) in [5, 5.41) is 18.3. The number of hydrogen-bond acceptors (Lipinski definition) is 4. The van der Waals surface area contributed by atoms with E-state index < -0.39 is 0 Å². The van der Waals surface area contributed by atoms with Gasteiger partial charge in [0.1, 0.15) is 11.6 Å². The highest BCUT2D eigenvalue weighted by atomic mass is 16.3. The highest BCUT2D eigenvalue weighted by Crippen LogP contribution is 2.21. The van der Waals surface area contributed by atoms with Crippen LogP contribution in [0.1, 0.15) is 24.5 Å². The second-order valence-corrected chi connectivity index (χ2v) is 5.46. The number of aliphatic hydroxyl groups excluding tert-OH is 1. The number of aryl methyl sites for hydroxylation is 1. The number of nitrogens with zero attached hydrogens (tertiary/aromatic N) is 4. The van der Waals surface area contributed by atoms with E-state index in [-0.39, 0.29) is 6.10 Å². The van der Waals surface area contributed by atoms with Crippen molar-refractivity contribution in [2.24, 2.45) is 5.92 Å². The van der Waals surface area contributed by atoms with Crippen molar-refractivity contribution in [3.63, 3.8) is 0 Å². The minimum absolute atomic E-state index is 0.219. The third kappa shape index (κ3) is 2.21. The molecule has 5 heteroatoms. The largest absolute Gasteiger partial charge is 0.391 e. The van der Waals surface area contributed by atoms with Gasteiger partial charge in [-0.25, -0.2) is 0 Å². The van der Waals surface area contributed by atoms with Crippen molar-refractivity contribution in [3.05, 3.63) is 11.6 Å². The predicted octanol–water partition coefficient (Wildman–Crippen LogP) is 0.0794. The summed E-state index contributed by atoms with van der Waals surface area (Å²) in [6.45, 7) is 3.03. The van der Waals surface area contributed by atoms with Crippen LogP contribution in [0.2, 0.25) is 0 Å². The van der Waals surface area contributed by atoms with Crippen molar-refractivity contribution in [1.82, 2.24) is 19.7 Å². The van der Waals surface area contributed by atoms with Crippen molar-refractivity contribution in [2.45, 2.75) is 38.3 Å². The Morgan fingerprint density at radius 1 is 1.29 bits per heavy atom. The zero-order valence-corrected chi connectivity index (χ0v) is 10.3. The van der Waals surface area contributed by atoms with Crippen LogP contribution in [-0.4, -0.2) is 51.0 Å². The summed E-state index contributed by atoms with van der Waals surface area (Å²) in [6, 6.07) is 0. The molecule has 2 unspecified atom stereocenters. The van der Waals surface area contributed by atoms with Crippen LogP contribution in [-0.2, 0) is 19.4 Å². The smallest absolute Gasteiger partial charge is 0.133 e. The van der Waals surface area contributed by atoms with Gasteiger partial charge in [0.25, 0.3) is 0 Å². The van der Waals surface area contributed by atoms with Gasteiger partial charge in [0.2, 0.25) is 0 Å². The Kier molecular flexibility index (Phi) is 2.88. The Hall–Kier alpha value is -0.940. The van der Waals surface area contributed by atoms with Crippen molar-refractivity contribution in [2.75, 3.05) is 20.1 Å². The molecule has 2 atom stereocenters. The molecule has 0 saturated carbocycles. The Labute approximate surface area is 101 Å². The molecule has 0 aliphatic carbocycles. The lowest BCUT2D eigenvalue weighted by atomic mass is 10.0. The third-order valence-corrected chi connectivity index (χ3v) is 3.96. The van der Waals surface area contributed by atoms with E-state index in [4.69, 9.17) is 0 Å². The molecule has 17 heavy (non-hydrogen) atoms. The average molecular weight is 236 g/mol. The van der Waals surface area contributed by atoms with E-state index in [1.54, 1.807) is 0 Å². The van der Waals surface area contributed by atoms with Crippen molar-refractivity contribution >= 4 is 0 Å². The number of aromatic nitrogens is 3. The van der Waals surface area contributed by atoms with Crippen LogP contribution in [0.4, 0.5) is 0 Å². The highest BCUT2D eigenvalue weighted by molar-refractivity contribution is 5.02. The topological polar surface area (TPSA) is 54.2 Å². The molecule has 3 rings (SSSR count). The highest BCUT2D eigenvalue weighted by Gasteiger charge is 2.25. The average Bonchev–Trinajstić information content (AvgIpc) is 2.87. The molecule has 0 radical (unpaired) electrons. The second-order valence-electron chi connectivity index (χ2n) is 5.46. The van der Waals surface area contributed by atoms with Crippen LogP contribution >= 0.6 is 0 Å². The maximum Gasteiger partial charge on any atom is 0.133 e. The summed E-state index contributed by atoms with van der Waals surface area (Å²) in [4.78, 5) is 2.37. The van der Waals surface area contributed by atoms with E-state index in [0.29, 0.717) is 12.5 Å². The summed E-state index contributed by atoms with van der Waals surface area (Å²) in [5.41, 5.74) is 0.